The highest BCUT2D eigenvalue weighted by molar-refractivity contribution is 6.31. The number of nitrogens with one attached hydrogen (secondary N) is 1. The van der Waals surface area contributed by atoms with Crippen LogP contribution in [0.4, 0.5) is 0 Å². The summed E-state index contributed by atoms with van der Waals surface area (Å²) < 4.78 is 2.47. The number of halogens is 1. The van der Waals surface area contributed by atoms with Crippen LogP contribution in [0.1, 0.15) is 30.6 Å². The number of fused-ring (bicyclic) bond motifs is 1. The third kappa shape index (κ3) is 4.45. The van der Waals surface area contributed by atoms with E-state index in [2.05, 4.69) is 10.3 Å². The first-order valence-electron chi connectivity index (χ1n) is 10.6. The normalized spacial score (nSPS) is 12.0. The van der Waals surface area contributed by atoms with E-state index in [4.69, 9.17) is 11.6 Å². The van der Waals surface area contributed by atoms with Gasteiger partial charge in [0.15, 0.2) is 0 Å². The van der Waals surface area contributed by atoms with E-state index in [-0.39, 0.29) is 12.5 Å². The molecule has 168 valence electrons. The first-order chi connectivity index (χ1) is 15.9. The van der Waals surface area contributed by atoms with Crippen molar-refractivity contribution in [3.63, 3.8) is 0 Å². The average Bonchev–Trinajstić information content (AvgIpc) is 2.81. The second kappa shape index (κ2) is 9.42. The van der Waals surface area contributed by atoms with Crippen LogP contribution in [0.25, 0.3) is 16.6 Å². The van der Waals surface area contributed by atoms with Gasteiger partial charge in [0.25, 0.3) is 5.56 Å². The van der Waals surface area contributed by atoms with Crippen molar-refractivity contribution in [3.05, 3.63) is 104 Å². The van der Waals surface area contributed by atoms with E-state index >= 15 is 0 Å². The monoisotopic (exact) mass is 462 g/mol. The van der Waals surface area contributed by atoms with Crippen LogP contribution in [0.15, 0.2) is 76.4 Å². The molecule has 1 atom stereocenters. The van der Waals surface area contributed by atoms with E-state index in [0.29, 0.717) is 33.7 Å². The molecule has 8 heteroatoms. The fraction of sp³-hybridized carbons (Fsp3) is 0.200. The number of rotatable bonds is 6. The molecular formula is C25H23ClN4O3. The predicted octanol–water partition coefficient (Wildman–Crippen LogP) is 3.78. The summed E-state index contributed by atoms with van der Waals surface area (Å²) in [6, 6.07) is 16.4. The lowest BCUT2D eigenvalue weighted by Gasteiger charge is -2.22. The summed E-state index contributed by atoms with van der Waals surface area (Å²) in [4.78, 5) is 44.4. The van der Waals surface area contributed by atoms with E-state index in [1.54, 1.807) is 54.7 Å². The molecule has 0 radical (unpaired) electrons. The molecule has 4 aromatic rings. The number of pyridine rings is 1. The number of aromatic nitrogens is 3. The Labute approximate surface area is 195 Å². The van der Waals surface area contributed by atoms with E-state index in [0.717, 1.165) is 10.1 Å². The van der Waals surface area contributed by atoms with Crippen LogP contribution in [0.5, 0.6) is 0 Å². The predicted molar refractivity (Wildman–Crippen MR) is 129 cm³/mol. The van der Waals surface area contributed by atoms with Gasteiger partial charge in [0.2, 0.25) is 5.91 Å². The highest BCUT2D eigenvalue weighted by Crippen LogP contribution is 2.21. The highest BCUT2D eigenvalue weighted by Gasteiger charge is 2.25. The van der Waals surface area contributed by atoms with Gasteiger partial charge in [-0.2, -0.15) is 0 Å². The Hall–Kier alpha value is -3.71. The van der Waals surface area contributed by atoms with Crippen LogP contribution in [-0.2, 0) is 11.3 Å². The number of benzene rings is 2. The molecule has 0 spiro atoms. The van der Waals surface area contributed by atoms with Gasteiger partial charge in [0.05, 0.1) is 28.8 Å². The molecule has 0 aliphatic heterocycles. The maximum absolute atomic E-state index is 13.7. The standard InChI is InChI=1S/C25H23ClN4O3/c1-3-21(23(31)28-15-18-8-4-5-12-27-18)30-22-14-17(26)10-11-20(22)24(32)29(25(30)33)19-9-6-7-16(2)13-19/h4-14,21H,3,15H2,1-2H3,(H,28,31). The van der Waals surface area contributed by atoms with Gasteiger partial charge in [-0.15, -0.1) is 0 Å². The third-order valence-corrected chi connectivity index (χ3v) is 5.72. The zero-order chi connectivity index (χ0) is 23.5. The number of amides is 1. The number of aryl methyl sites for hydroxylation is 1. The Morgan fingerprint density at radius 3 is 2.61 bits per heavy atom. The molecule has 4 rings (SSSR count). The zero-order valence-corrected chi connectivity index (χ0v) is 19.0. The van der Waals surface area contributed by atoms with Crippen molar-refractivity contribution in [3.8, 4) is 5.69 Å². The van der Waals surface area contributed by atoms with Crippen molar-refractivity contribution in [2.45, 2.75) is 32.9 Å². The third-order valence-electron chi connectivity index (χ3n) is 5.48. The maximum Gasteiger partial charge on any atom is 0.336 e. The zero-order valence-electron chi connectivity index (χ0n) is 18.3. The first-order valence-corrected chi connectivity index (χ1v) is 11.0. The largest absolute Gasteiger partial charge is 0.349 e. The average molecular weight is 463 g/mol. The maximum atomic E-state index is 13.7. The number of carbonyl (C=O) groups is 1. The SMILES string of the molecule is CCC(C(=O)NCc1ccccn1)n1c(=O)n(-c2cccc(C)c2)c(=O)c2ccc(Cl)cc21. The topological polar surface area (TPSA) is 86.0 Å². The molecule has 0 aliphatic carbocycles. The number of hydrogen-bond donors (Lipinski definition) is 1. The van der Waals surface area contributed by atoms with Crippen LogP contribution in [0.3, 0.4) is 0 Å². The number of carbonyl (C=O) groups excluding carboxylic acids is 1. The second-order valence-electron chi connectivity index (χ2n) is 7.76. The minimum atomic E-state index is -0.848. The second-order valence-corrected chi connectivity index (χ2v) is 8.19. The molecule has 0 aliphatic rings. The van der Waals surface area contributed by atoms with Crippen molar-refractivity contribution < 1.29 is 4.79 Å². The summed E-state index contributed by atoms with van der Waals surface area (Å²) in [6.07, 6.45) is 1.98. The summed E-state index contributed by atoms with van der Waals surface area (Å²) >= 11 is 6.21. The first kappa shape index (κ1) is 22.5. The molecule has 2 aromatic heterocycles. The summed E-state index contributed by atoms with van der Waals surface area (Å²) in [7, 11) is 0. The summed E-state index contributed by atoms with van der Waals surface area (Å²) in [5, 5.41) is 3.53. The molecule has 0 saturated heterocycles. The molecule has 1 unspecified atom stereocenters. The molecule has 0 saturated carbocycles. The smallest absolute Gasteiger partial charge is 0.336 e. The van der Waals surface area contributed by atoms with Crippen molar-refractivity contribution in [2.24, 2.45) is 0 Å². The Morgan fingerprint density at radius 2 is 1.91 bits per heavy atom. The fourth-order valence-electron chi connectivity index (χ4n) is 3.88. The lowest BCUT2D eigenvalue weighted by atomic mass is 10.1. The van der Waals surface area contributed by atoms with E-state index in [1.165, 1.54) is 4.57 Å². The Bertz CT molecular complexity index is 1440. The molecule has 7 nitrogen and oxygen atoms in total. The molecule has 2 aromatic carbocycles. The number of nitrogens with zero attached hydrogens (tertiary/aromatic N) is 3. The molecule has 0 fully saturated rings. The molecule has 2 heterocycles. The van der Waals surface area contributed by atoms with Crippen molar-refractivity contribution in [2.75, 3.05) is 0 Å². The van der Waals surface area contributed by atoms with E-state index in [1.807, 2.05) is 26.0 Å². The van der Waals surface area contributed by atoms with E-state index in [9.17, 15) is 14.4 Å². The Balaban J connectivity index is 1.89. The van der Waals surface area contributed by atoms with Crippen molar-refractivity contribution in [1.82, 2.24) is 19.4 Å². The van der Waals surface area contributed by atoms with Crippen LogP contribution < -0.4 is 16.6 Å². The van der Waals surface area contributed by atoms with Gasteiger partial charge in [0.1, 0.15) is 6.04 Å². The Kier molecular flexibility index (Phi) is 6.42. The minimum absolute atomic E-state index is 0.223. The van der Waals surface area contributed by atoms with Crippen LogP contribution in [0.2, 0.25) is 5.02 Å². The van der Waals surface area contributed by atoms with Gasteiger partial charge in [-0.3, -0.25) is 19.1 Å². The summed E-state index contributed by atoms with van der Waals surface area (Å²) in [5.74, 6) is -0.346. The lowest BCUT2D eigenvalue weighted by molar-refractivity contribution is -0.124. The molecule has 33 heavy (non-hydrogen) atoms. The summed E-state index contributed by atoms with van der Waals surface area (Å²) in [6.45, 7) is 3.92. The van der Waals surface area contributed by atoms with Crippen molar-refractivity contribution in [1.29, 1.82) is 0 Å². The minimum Gasteiger partial charge on any atom is -0.349 e. The highest BCUT2D eigenvalue weighted by atomic mass is 35.5. The summed E-state index contributed by atoms with van der Waals surface area (Å²) in [5.41, 5.74) is 1.31. The lowest BCUT2D eigenvalue weighted by Crippen LogP contribution is -2.44. The van der Waals surface area contributed by atoms with Gasteiger partial charge in [-0.25, -0.2) is 9.36 Å². The van der Waals surface area contributed by atoms with Crippen molar-refractivity contribution >= 4 is 28.4 Å². The van der Waals surface area contributed by atoms with Crippen LogP contribution >= 0.6 is 11.6 Å². The fourth-order valence-corrected chi connectivity index (χ4v) is 4.05. The van der Waals surface area contributed by atoms with Gasteiger partial charge >= 0.3 is 5.69 Å². The van der Waals surface area contributed by atoms with E-state index < -0.39 is 17.3 Å². The Morgan fingerprint density at radius 1 is 1.09 bits per heavy atom. The van der Waals surface area contributed by atoms with Crippen LogP contribution in [-0.4, -0.2) is 20.0 Å². The van der Waals surface area contributed by atoms with Gasteiger partial charge in [-0.1, -0.05) is 36.7 Å². The van der Waals surface area contributed by atoms with Gasteiger partial charge in [-0.05, 0) is 61.4 Å². The van der Waals surface area contributed by atoms with Crippen LogP contribution in [0, 0.1) is 6.92 Å². The molecule has 1 N–H and O–H groups in total. The quantitative estimate of drug-likeness (QED) is 0.472. The van der Waals surface area contributed by atoms with Gasteiger partial charge < -0.3 is 5.32 Å². The molecule has 0 bridgehead atoms. The van der Waals surface area contributed by atoms with Gasteiger partial charge in [0, 0.05) is 11.2 Å². The number of hydrogen-bond acceptors (Lipinski definition) is 4. The molecule has 1 amide bonds. The molecular weight excluding hydrogens is 440 g/mol.